The van der Waals surface area contributed by atoms with E-state index in [0.29, 0.717) is 18.2 Å². The molecule has 0 fully saturated rings. The summed E-state index contributed by atoms with van der Waals surface area (Å²) in [6, 6.07) is 6.40. The summed E-state index contributed by atoms with van der Waals surface area (Å²) in [6.45, 7) is 4.48. The largest absolute Gasteiger partial charge is 0.508 e. The molecule has 1 amide bonds. The van der Waals surface area contributed by atoms with E-state index in [1.165, 1.54) is 12.1 Å². The number of anilines is 1. The minimum atomic E-state index is -0.163. The number of nitrogens with two attached hydrogens (primary N) is 1. The van der Waals surface area contributed by atoms with Gasteiger partial charge >= 0.3 is 0 Å². The fourth-order valence-corrected chi connectivity index (χ4v) is 1.67. The standard InChI is InChI=1S/C13H20N2O2/c1-9(2)7-10(8-14)13(17)15-11-3-5-12(16)6-4-11/h3-6,9-10,16H,7-8,14H2,1-2H3,(H,15,17). The first kappa shape index (κ1) is 13.5. The van der Waals surface area contributed by atoms with Gasteiger partial charge in [0.2, 0.25) is 5.91 Å². The summed E-state index contributed by atoms with van der Waals surface area (Å²) < 4.78 is 0. The molecule has 0 aliphatic rings. The third-order valence-corrected chi connectivity index (χ3v) is 2.55. The number of phenols is 1. The molecule has 4 N–H and O–H groups in total. The molecule has 4 heteroatoms. The van der Waals surface area contributed by atoms with E-state index >= 15 is 0 Å². The van der Waals surface area contributed by atoms with Gasteiger partial charge in [0.05, 0.1) is 5.92 Å². The Morgan fingerprint density at radius 1 is 1.35 bits per heavy atom. The van der Waals surface area contributed by atoms with Gasteiger partial charge in [0.1, 0.15) is 5.75 Å². The molecule has 94 valence electrons. The van der Waals surface area contributed by atoms with E-state index in [2.05, 4.69) is 19.2 Å². The van der Waals surface area contributed by atoms with Gasteiger partial charge in [-0.25, -0.2) is 0 Å². The summed E-state index contributed by atoms with van der Waals surface area (Å²) in [5.41, 5.74) is 6.27. The van der Waals surface area contributed by atoms with Gasteiger partial charge in [-0.05, 0) is 36.6 Å². The molecule has 17 heavy (non-hydrogen) atoms. The van der Waals surface area contributed by atoms with Gasteiger partial charge in [0.15, 0.2) is 0 Å². The molecule has 4 nitrogen and oxygen atoms in total. The average Bonchev–Trinajstić information content (AvgIpc) is 2.28. The van der Waals surface area contributed by atoms with Crippen molar-refractivity contribution in [1.29, 1.82) is 0 Å². The minimum absolute atomic E-state index is 0.0631. The Kier molecular flexibility index (Phi) is 4.97. The molecule has 1 unspecified atom stereocenters. The van der Waals surface area contributed by atoms with E-state index in [-0.39, 0.29) is 17.6 Å². The van der Waals surface area contributed by atoms with Crippen molar-refractivity contribution in [3.8, 4) is 5.75 Å². The smallest absolute Gasteiger partial charge is 0.228 e. The summed E-state index contributed by atoms with van der Waals surface area (Å²) in [7, 11) is 0. The Bertz CT molecular complexity index is 360. The third-order valence-electron chi connectivity index (χ3n) is 2.55. The molecule has 0 aliphatic carbocycles. The van der Waals surface area contributed by atoms with Gasteiger partial charge in [0.25, 0.3) is 0 Å². The molecule has 1 aromatic carbocycles. The molecule has 0 spiro atoms. The molecule has 0 aliphatic heterocycles. The molecule has 0 saturated carbocycles. The van der Waals surface area contributed by atoms with Crippen LogP contribution in [0.3, 0.4) is 0 Å². The van der Waals surface area contributed by atoms with Crippen LogP contribution in [0.15, 0.2) is 24.3 Å². The van der Waals surface area contributed by atoms with Crippen molar-refractivity contribution in [3.05, 3.63) is 24.3 Å². The zero-order valence-electron chi connectivity index (χ0n) is 10.3. The lowest BCUT2D eigenvalue weighted by Crippen LogP contribution is -2.30. The first-order chi connectivity index (χ1) is 8.02. The molecule has 1 atom stereocenters. The Morgan fingerprint density at radius 2 is 1.94 bits per heavy atom. The summed E-state index contributed by atoms with van der Waals surface area (Å²) in [6.07, 6.45) is 0.778. The Labute approximate surface area is 102 Å². The molecule has 0 bridgehead atoms. The number of hydrogen-bond donors (Lipinski definition) is 3. The normalized spacial score (nSPS) is 12.5. The fraction of sp³-hybridized carbons (Fsp3) is 0.462. The minimum Gasteiger partial charge on any atom is -0.508 e. The molecule has 1 rings (SSSR count). The van der Waals surface area contributed by atoms with E-state index in [4.69, 9.17) is 10.8 Å². The highest BCUT2D eigenvalue weighted by molar-refractivity contribution is 5.92. The van der Waals surface area contributed by atoms with Crippen LogP contribution in [0.1, 0.15) is 20.3 Å². The first-order valence-corrected chi connectivity index (χ1v) is 5.83. The number of phenolic OH excluding ortho intramolecular Hbond substituents is 1. The van der Waals surface area contributed by atoms with Crippen LogP contribution in [0.25, 0.3) is 0 Å². The molecule has 0 radical (unpaired) electrons. The van der Waals surface area contributed by atoms with Crippen LogP contribution in [0, 0.1) is 11.8 Å². The van der Waals surface area contributed by atoms with Crippen molar-refractivity contribution in [2.75, 3.05) is 11.9 Å². The monoisotopic (exact) mass is 236 g/mol. The third kappa shape index (κ3) is 4.44. The summed E-state index contributed by atoms with van der Waals surface area (Å²) in [4.78, 5) is 11.9. The molecule has 0 aromatic heterocycles. The van der Waals surface area contributed by atoms with Gasteiger partial charge in [-0.1, -0.05) is 13.8 Å². The second kappa shape index (κ2) is 6.25. The Hall–Kier alpha value is -1.55. The second-order valence-electron chi connectivity index (χ2n) is 4.60. The number of aromatic hydroxyl groups is 1. The van der Waals surface area contributed by atoms with Crippen LogP contribution in [0.4, 0.5) is 5.69 Å². The molecular weight excluding hydrogens is 216 g/mol. The van der Waals surface area contributed by atoms with Crippen molar-refractivity contribution >= 4 is 11.6 Å². The summed E-state index contributed by atoms with van der Waals surface area (Å²) >= 11 is 0. The van der Waals surface area contributed by atoms with Crippen molar-refractivity contribution < 1.29 is 9.90 Å². The highest BCUT2D eigenvalue weighted by atomic mass is 16.3. The van der Waals surface area contributed by atoms with Crippen LogP contribution in [-0.2, 0) is 4.79 Å². The Balaban J connectivity index is 2.60. The maximum Gasteiger partial charge on any atom is 0.228 e. The lowest BCUT2D eigenvalue weighted by molar-refractivity contribution is -0.120. The van der Waals surface area contributed by atoms with Crippen LogP contribution in [-0.4, -0.2) is 17.6 Å². The maximum absolute atomic E-state index is 11.9. The van der Waals surface area contributed by atoms with Crippen molar-refractivity contribution in [1.82, 2.24) is 0 Å². The van der Waals surface area contributed by atoms with E-state index in [1.54, 1.807) is 12.1 Å². The summed E-state index contributed by atoms with van der Waals surface area (Å²) in [5.74, 6) is 0.394. The molecule has 0 saturated heterocycles. The lowest BCUT2D eigenvalue weighted by Gasteiger charge is -2.16. The van der Waals surface area contributed by atoms with Gasteiger partial charge in [-0.2, -0.15) is 0 Å². The topological polar surface area (TPSA) is 75.4 Å². The zero-order valence-corrected chi connectivity index (χ0v) is 10.3. The van der Waals surface area contributed by atoms with Gasteiger partial charge in [-0.3, -0.25) is 4.79 Å². The number of benzene rings is 1. The number of carbonyl (C=O) groups is 1. The quantitative estimate of drug-likeness (QED) is 0.684. The van der Waals surface area contributed by atoms with Crippen LogP contribution in [0.5, 0.6) is 5.75 Å². The Morgan fingerprint density at radius 3 is 2.41 bits per heavy atom. The van der Waals surface area contributed by atoms with Crippen LogP contribution < -0.4 is 11.1 Å². The van der Waals surface area contributed by atoms with Gasteiger partial charge in [0, 0.05) is 12.2 Å². The molecular formula is C13H20N2O2. The zero-order chi connectivity index (χ0) is 12.8. The van der Waals surface area contributed by atoms with Crippen molar-refractivity contribution in [2.45, 2.75) is 20.3 Å². The van der Waals surface area contributed by atoms with Gasteiger partial charge in [-0.15, -0.1) is 0 Å². The van der Waals surface area contributed by atoms with Crippen LogP contribution in [0.2, 0.25) is 0 Å². The van der Waals surface area contributed by atoms with Crippen LogP contribution >= 0.6 is 0 Å². The number of hydrogen-bond acceptors (Lipinski definition) is 3. The SMILES string of the molecule is CC(C)CC(CN)C(=O)Nc1ccc(O)cc1. The second-order valence-corrected chi connectivity index (χ2v) is 4.60. The van der Waals surface area contributed by atoms with E-state index in [1.807, 2.05) is 0 Å². The first-order valence-electron chi connectivity index (χ1n) is 5.83. The van der Waals surface area contributed by atoms with Crippen molar-refractivity contribution in [3.63, 3.8) is 0 Å². The predicted molar refractivity (Wildman–Crippen MR) is 68.7 cm³/mol. The average molecular weight is 236 g/mol. The number of nitrogens with one attached hydrogen (secondary N) is 1. The number of carbonyl (C=O) groups excluding carboxylic acids is 1. The molecule has 1 aromatic rings. The summed E-state index contributed by atoms with van der Waals surface area (Å²) in [5, 5.41) is 11.9. The van der Waals surface area contributed by atoms with E-state index < -0.39 is 0 Å². The van der Waals surface area contributed by atoms with Gasteiger partial charge < -0.3 is 16.2 Å². The predicted octanol–water partition coefficient (Wildman–Crippen LogP) is 1.95. The lowest BCUT2D eigenvalue weighted by atomic mass is 9.96. The van der Waals surface area contributed by atoms with E-state index in [9.17, 15) is 4.79 Å². The maximum atomic E-state index is 11.9. The highest BCUT2D eigenvalue weighted by Crippen LogP contribution is 2.16. The highest BCUT2D eigenvalue weighted by Gasteiger charge is 2.18. The number of amides is 1. The fourth-order valence-electron chi connectivity index (χ4n) is 1.67. The molecule has 0 heterocycles. The van der Waals surface area contributed by atoms with E-state index in [0.717, 1.165) is 6.42 Å². The van der Waals surface area contributed by atoms with Crippen molar-refractivity contribution in [2.24, 2.45) is 17.6 Å². The number of rotatable bonds is 5.